The van der Waals surface area contributed by atoms with Crippen LogP contribution < -0.4 is 20.7 Å². The molecule has 0 aliphatic carbocycles. The van der Waals surface area contributed by atoms with Gasteiger partial charge < -0.3 is 20.7 Å². The van der Waals surface area contributed by atoms with Gasteiger partial charge in [0.25, 0.3) is 5.91 Å². The molecular weight excluding hydrogens is 436 g/mol. The predicted octanol–water partition coefficient (Wildman–Crippen LogP) is 3.49. The van der Waals surface area contributed by atoms with Crippen molar-refractivity contribution in [2.45, 2.75) is 13.0 Å². The Morgan fingerprint density at radius 1 is 1.03 bits per heavy atom. The van der Waals surface area contributed by atoms with E-state index in [4.69, 9.17) is 21.3 Å². The maximum atomic E-state index is 12.4. The zero-order valence-electron chi connectivity index (χ0n) is 16.3. The Hall–Kier alpha value is -3.01. The highest BCUT2D eigenvalue weighted by atomic mass is 35.5. The number of anilines is 1. The smallest absolute Gasteiger partial charge is 0.263 e. The molecule has 1 aromatic carbocycles. The summed E-state index contributed by atoms with van der Waals surface area (Å²) in [5.41, 5.74) is 3.47. The van der Waals surface area contributed by atoms with Crippen LogP contribution in [0.25, 0.3) is 21.0 Å². The number of nitrogens with one attached hydrogen (secondary N) is 3. The number of hydrogen-bond donors (Lipinski definition) is 3. The summed E-state index contributed by atoms with van der Waals surface area (Å²) >= 11 is 7.59. The summed E-state index contributed by atoms with van der Waals surface area (Å²) in [4.78, 5) is 26.4. The van der Waals surface area contributed by atoms with Gasteiger partial charge in [0.1, 0.15) is 4.88 Å². The number of benzene rings is 1. The minimum atomic E-state index is -0.0405. The first-order chi connectivity index (χ1) is 15.2. The van der Waals surface area contributed by atoms with Gasteiger partial charge >= 0.3 is 0 Å². The van der Waals surface area contributed by atoms with Crippen LogP contribution in [0.2, 0.25) is 5.28 Å². The third-order valence-electron chi connectivity index (χ3n) is 5.48. The van der Waals surface area contributed by atoms with Gasteiger partial charge in [0.15, 0.2) is 0 Å². The number of aromatic nitrogens is 3. The van der Waals surface area contributed by atoms with Crippen LogP contribution in [0.15, 0.2) is 24.3 Å². The Labute approximate surface area is 186 Å². The van der Waals surface area contributed by atoms with Crippen LogP contribution >= 0.6 is 22.9 Å². The third kappa shape index (κ3) is 3.16. The highest BCUT2D eigenvalue weighted by molar-refractivity contribution is 7.21. The number of amides is 1. The maximum absolute atomic E-state index is 12.4. The molecule has 31 heavy (non-hydrogen) atoms. The molecule has 2 aliphatic rings. The first-order valence-electron chi connectivity index (χ1n) is 9.99. The Kier molecular flexibility index (Phi) is 4.41. The lowest BCUT2D eigenvalue weighted by Gasteiger charge is -2.18. The topological polar surface area (TPSA) is 101 Å². The molecule has 0 saturated heterocycles. The number of carbonyl (C=O) groups excluding carboxylic acids is 1. The van der Waals surface area contributed by atoms with E-state index in [2.05, 4.69) is 25.9 Å². The molecule has 10 heteroatoms. The number of nitrogens with zero attached hydrogens (tertiary/aromatic N) is 3. The molecule has 3 N–H and O–H groups in total. The Morgan fingerprint density at radius 3 is 2.87 bits per heavy atom. The van der Waals surface area contributed by atoms with Crippen LogP contribution in [0.5, 0.6) is 11.8 Å². The zero-order chi connectivity index (χ0) is 20.9. The molecule has 1 amide bonds. The van der Waals surface area contributed by atoms with Gasteiger partial charge in [0.2, 0.25) is 17.0 Å². The zero-order valence-corrected chi connectivity index (χ0v) is 17.9. The molecule has 6 rings (SSSR count). The summed E-state index contributed by atoms with van der Waals surface area (Å²) < 4.78 is 7.09. The quantitative estimate of drug-likeness (QED) is 0.400. The summed E-state index contributed by atoms with van der Waals surface area (Å²) in [6.45, 7) is 2.76. The third-order valence-corrected chi connectivity index (χ3v) is 6.81. The van der Waals surface area contributed by atoms with Gasteiger partial charge in [-0.2, -0.15) is 4.98 Å². The van der Waals surface area contributed by atoms with E-state index in [1.165, 1.54) is 11.3 Å². The molecule has 156 valence electrons. The second-order valence-electron chi connectivity index (χ2n) is 7.40. The molecule has 0 saturated carbocycles. The normalized spacial score (nSPS) is 15.7. The van der Waals surface area contributed by atoms with Gasteiger partial charge in [-0.3, -0.25) is 4.79 Å². The number of ether oxygens (including phenoxy) is 1. The lowest BCUT2D eigenvalue weighted by atomic mass is 10.1. The fraction of sp³-hybridized carbons (Fsp3) is 0.238. The van der Waals surface area contributed by atoms with Crippen molar-refractivity contribution in [3.8, 4) is 11.8 Å². The molecule has 0 spiro atoms. The minimum absolute atomic E-state index is 0.0405. The molecule has 0 unspecified atom stereocenters. The Bertz CT molecular complexity index is 1370. The number of thiophene rings is 1. The van der Waals surface area contributed by atoms with E-state index in [1.807, 2.05) is 24.3 Å². The molecule has 5 heterocycles. The average Bonchev–Trinajstić information content (AvgIpc) is 3.06. The van der Waals surface area contributed by atoms with Gasteiger partial charge in [-0.15, -0.1) is 11.3 Å². The molecule has 0 atom stereocenters. The van der Waals surface area contributed by atoms with E-state index in [1.54, 1.807) is 0 Å². The standard InChI is InChI=1S/C21H17ClN6O2S/c22-21-27-13-5-6-23-9-11(13)20(28-21)30-15-4-1-10-12(26-15)2-3-14-16(10)17-18(31-14)19(29)25-8-7-24-17/h1-4,23-24H,5-9H2,(H,25,29). The SMILES string of the molecule is O=C1NCCNc2c1sc1ccc3nc(Oc4nc(Cl)nc5c4CNCC5)ccc3c21. The lowest BCUT2D eigenvalue weighted by molar-refractivity contribution is 0.0962. The van der Waals surface area contributed by atoms with Crippen LogP contribution in [0.4, 0.5) is 5.69 Å². The van der Waals surface area contributed by atoms with Crippen LogP contribution in [0.3, 0.4) is 0 Å². The van der Waals surface area contributed by atoms with Crippen molar-refractivity contribution in [2.24, 2.45) is 0 Å². The minimum Gasteiger partial charge on any atom is -0.420 e. The van der Waals surface area contributed by atoms with Crippen LogP contribution in [0, 0.1) is 0 Å². The summed E-state index contributed by atoms with van der Waals surface area (Å²) in [5, 5.41) is 11.8. The van der Waals surface area contributed by atoms with Crippen LogP contribution in [0.1, 0.15) is 20.9 Å². The fourth-order valence-electron chi connectivity index (χ4n) is 4.08. The van der Waals surface area contributed by atoms with Gasteiger partial charge in [0, 0.05) is 54.1 Å². The van der Waals surface area contributed by atoms with Crippen molar-refractivity contribution in [1.82, 2.24) is 25.6 Å². The number of fused-ring (bicyclic) bond motifs is 6. The van der Waals surface area contributed by atoms with Crippen LogP contribution in [-0.4, -0.2) is 40.5 Å². The van der Waals surface area contributed by atoms with Crippen molar-refractivity contribution >= 4 is 55.5 Å². The number of carbonyl (C=O) groups is 1. The van der Waals surface area contributed by atoms with E-state index in [-0.39, 0.29) is 11.2 Å². The van der Waals surface area contributed by atoms with E-state index >= 15 is 0 Å². The summed E-state index contributed by atoms with van der Waals surface area (Å²) in [6, 6.07) is 7.74. The summed E-state index contributed by atoms with van der Waals surface area (Å²) in [5.74, 6) is 0.820. The molecule has 4 aromatic rings. The molecule has 0 bridgehead atoms. The molecular formula is C21H17ClN6O2S. The van der Waals surface area contributed by atoms with Crippen molar-refractivity contribution < 1.29 is 9.53 Å². The van der Waals surface area contributed by atoms with Gasteiger partial charge in [-0.25, -0.2) is 9.97 Å². The van der Waals surface area contributed by atoms with E-state index in [0.717, 1.165) is 50.9 Å². The second-order valence-corrected chi connectivity index (χ2v) is 8.79. The van der Waals surface area contributed by atoms with Gasteiger partial charge in [0.05, 0.1) is 22.5 Å². The summed E-state index contributed by atoms with van der Waals surface area (Å²) in [6.07, 6.45) is 0.779. The molecule has 3 aromatic heterocycles. The second kappa shape index (κ2) is 7.30. The number of hydrogen-bond acceptors (Lipinski definition) is 8. The molecule has 0 radical (unpaired) electrons. The highest BCUT2D eigenvalue weighted by Crippen LogP contribution is 2.41. The summed E-state index contributed by atoms with van der Waals surface area (Å²) in [7, 11) is 0. The highest BCUT2D eigenvalue weighted by Gasteiger charge is 2.23. The average molecular weight is 453 g/mol. The van der Waals surface area contributed by atoms with Crippen molar-refractivity contribution in [3.05, 3.63) is 45.7 Å². The maximum Gasteiger partial charge on any atom is 0.263 e. The van der Waals surface area contributed by atoms with Gasteiger partial charge in [-0.05, 0) is 29.8 Å². The van der Waals surface area contributed by atoms with E-state index < -0.39 is 0 Å². The monoisotopic (exact) mass is 452 g/mol. The lowest BCUT2D eigenvalue weighted by Crippen LogP contribution is -2.25. The van der Waals surface area contributed by atoms with Gasteiger partial charge in [-0.1, -0.05) is 0 Å². The van der Waals surface area contributed by atoms with E-state index in [9.17, 15) is 4.79 Å². The fourth-order valence-corrected chi connectivity index (χ4v) is 5.37. The Balaban J connectivity index is 1.44. The molecule has 0 fully saturated rings. The molecule has 8 nitrogen and oxygen atoms in total. The van der Waals surface area contributed by atoms with Crippen molar-refractivity contribution in [3.63, 3.8) is 0 Å². The molecule has 2 aliphatic heterocycles. The Morgan fingerprint density at radius 2 is 1.94 bits per heavy atom. The van der Waals surface area contributed by atoms with Crippen LogP contribution in [-0.2, 0) is 13.0 Å². The predicted molar refractivity (Wildman–Crippen MR) is 120 cm³/mol. The van der Waals surface area contributed by atoms with Crippen molar-refractivity contribution in [1.29, 1.82) is 0 Å². The largest absolute Gasteiger partial charge is 0.420 e. The first-order valence-corrected chi connectivity index (χ1v) is 11.2. The number of halogens is 1. The van der Waals surface area contributed by atoms with Crippen molar-refractivity contribution in [2.75, 3.05) is 25.0 Å². The number of rotatable bonds is 2. The number of pyridine rings is 1. The first kappa shape index (κ1) is 18.7. The van der Waals surface area contributed by atoms with E-state index in [0.29, 0.717) is 36.3 Å².